The molecule has 0 unspecified atom stereocenters. The van der Waals surface area contributed by atoms with Crippen LogP contribution in [0.3, 0.4) is 0 Å². The number of hydrogen-bond donors (Lipinski definition) is 3. The van der Waals surface area contributed by atoms with Gasteiger partial charge in [-0.3, -0.25) is 0 Å². The molecule has 0 saturated heterocycles. The van der Waals surface area contributed by atoms with Gasteiger partial charge in [-0.2, -0.15) is 11.8 Å². The predicted octanol–water partition coefficient (Wildman–Crippen LogP) is 2.32. The number of nitrogens with two attached hydrogens (primary N) is 1. The fourth-order valence-corrected chi connectivity index (χ4v) is 2.19. The lowest BCUT2D eigenvalue weighted by atomic mass is 10.2. The molecule has 0 aliphatic rings. The molecule has 0 amide bonds. The highest BCUT2D eigenvalue weighted by Gasteiger charge is 2.07. The van der Waals surface area contributed by atoms with Gasteiger partial charge in [-0.05, 0) is 38.7 Å². The first-order chi connectivity index (χ1) is 8.69. The van der Waals surface area contributed by atoms with Crippen molar-refractivity contribution in [2.75, 3.05) is 29.3 Å². The van der Waals surface area contributed by atoms with Crippen molar-refractivity contribution in [3.8, 4) is 0 Å². The Morgan fingerprint density at radius 2 is 1.83 bits per heavy atom. The molecule has 102 valence electrons. The van der Waals surface area contributed by atoms with E-state index in [0.29, 0.717) is 5.82 Å². The Bertz CT molecular complexity index is 370. The van der Waals surface area contributed by atoms with Crippen LogP contribution in [0, 0.1) is 13.8 Å². The minimum absolute atomic E-state index is 0.687. The van der Waals surface area contributed by atoms with Crippen molar-refractivity contribution < 1.29 is 0 Å². The fraction of sp³-hybridized carbons (Fsp3) is 0.667. The lowest BCUT2D eigenvalue weighted by Gasteiger charge is -2.12. The number of unbranched alkanes of at least 4 members (excludes halogenated alkanes) is 2. The Hall–Kier alpha value is -1.01. The molecule has 6 heteroatoms. The van der Waals surface area contributed by atoms with Crippen LogP contribution in [0.25, 0.3) is 0 Å². The van der Waals surface area contributed by atoms with Gasteiger partial charge >= 0.3 is 0 Å². The number of aromatic nitrogens is 2. The minimum atomic E-state index is 0.687. The third kappa shape index (κ3) is 4.70. The number of rotatable bonds is 8. The maximum absolute atomic E-state index is 5.43. The van der Waals surface area contributed by atoms with Crippen LogP contribution in [0.5, 0.6) is 0 Å². The molecular formula is C12H23N5S. The van der Waals surface area contributed by atoms with Gasteiger partial charge in [0.1, 0.15) is 17.5 Å². The van der Waals surface area contributed by atoms with Gasteiger partial charge in [-0.25, -0.2) is 15.8 Å². The number of anilines is 2. The summed E-state index contributed by atoms with van der Waals surface area (Å²) in [7, 11) is 0. The molecule has 0 saturated carbocycles. The summed E-state index contributed by atoms with van der Waals surface area (Å²) in [5.41, 5.74) is 3.57. The van der Waals surface area contributed by atoms with Crippen molar-refractivity contribution in [2.45, 2.75) is 33.1 Å². The van der Waals surface area contributed by atoms with E-state index in [9.17, 15) is 0 Å². The van der Waals surface area contributed by atoms with Crippen molar-refractivity contribution in [2.24, 2.45) is 5.84 Å². The average molecular weight is 269 g/mol. The Morgan fingerprint density at radius 3 is 2.50 bits per heavy atom. The number of hydrazine groups is 1. The monoisotopic (exact) mass is 269 g/mol. The molecule has 0 aliphatic heterocycles. The normalized spacial score (nSPS) is 10.4. The fourth-order valence-electron chi connectivity index (χ4n) is 1.70. The number of hydrogen-bond acceptors (Lipinski definition) is 6. The summed E-state index contributed by atoms with van der Waals surface area (Å²) in [6.45, 7) is 4.77. The van der Waals surface area contributed by atoms with Crippen molar-refractivity contribution in [1.82, 2.24) is 9.97 Å². The summed E-state index contributed by atoms with van der Waals surface area (Å²) in [4.78, 5) is 8.62. The van der Waals surface area contributed by atoms with Crippen LogP contribution in [0.2, 0.25) is 0 Å². The van der Waals surface area contributed by atoms with Gasteiger partial charge in [0.25, 0.3) is 0 Å². The number of thioether (sulfide) groups is 1. The molecule has 1 rings (SSSR count). The number of aryl methyl sites for hydroxylation is 1. The second kappa shape index (κ2) is 8.16. The molecule has 0 radical (unpaired) electrons. The maximum atomic E-state index is 5.43. The van der Waals surface area contributed by atoms with Crippen LogP contribution in [-0.4, -0.2) is 28.5 Å². The SMILES string of the molecule is CSCCCCCNc1nc(C)nc(NN)c1C. The summed E-state index contributed by atoms with van der Waals surface area (Å²) in [5, 5.41) is 3.35. The lowest BCUT2D eigenvalue weighted by molar-refractivity contribution is 0.747. The zero-order chi connectivity index (χ0) is 13.4. The van der Waals surface area contributed by atoms with Crippen LogP contribution in [0.15, 0.2) is 0 Å². The Morgan fingerprint density at radius 1 is 1.11 bits per heavy atom. The highest BCUT2D eigenvalue weighted by atomic mass is 32.2. The molecule has 18 heavy (non-hydrogen) atoms. The van der Waals surface area contributed by atoms with Gasteiger partial charge in [0.05, 0.1) is 0 Å². The number of nitrogen functional groups attached to an aromatic ring is 1. The van der Waals surface area contributed by atoms with Crippen LogP contribution < -0.4 is 16.6 Å². The summed E-state index contributed by atoms with van der Waals surface area (Å²) in [5.74, 6) is 8.95. The average Bonchev–Trinajstić information content (AvgIpc) is 2.37. The predicted molar refractivity (Wildman–Crippen MR) is 80.0 cm³/mol. The first-order valence-electron chi connectivity index (χ1n) is 6.23. The highest BCUT2D eigenvalue weighted by Crippen LogP contribution is 2.18. The third-order valence-electron chi connectivity index (χ3n) is 2.71. The Balaban J connectivity index is 2.44. The molecule has 1 aromatic heterocycles. The van der Waals surface area contributed by atoms with E-state index in [1.165, 1.54) is 18.6 Å². The second-order valence-corrected chi connectivity index (χ2v) is 5.20. The van der Waals surface area contributed by atoms with E-state index < -0.39 is 0 Å². The smallest absolute Gasteiger partial charge is 0.148 e. The van der Waals surface area contributed by atoms with Crippen molar-refractivity contribution in [3.63, 3.8) is 0 Å². The van der Waals surface area contributed by atoms with Crippen molar-refractivity contribution in [1.29, 1.82) is 0 Å². The third-order valence-corrected chi connectivity index (χ3v) is 3.41. The standard InChI is InChI=1S/C12H23N5S/c1-9-11(14-7-5-4-6-8-18-3)15-10(2)16-12(9)17-13/h4-8,13H2,1-3H3,(H2,14,15,16,17). The molecule has 0 aliphatic carbocycles. The van der Waals surface area contributed by atoms with Crippen molar-refractivity contribution in [3.05, 3.63) is 11.4 Å². The zero-order valence-electron chi connectivity index (χ0n) is 11.4. The Labute approximate surface area is 113 Å². The summed E-state index contributed by atoms with van der Waals surface area (Å²) >= 11 is 1.90. The van der Waals surface area contributed by atoms with Crippen molar-refractivity contribution >= 4 is 23.4 Å². The van der Waals surface area contributed by atoms with Crippen LogP contribution in [0.4, 0.5) is 11.6 Å². The topological polar surface area (TPSA) is 75.9 Å². The number of nitrogens with one attached hydrogen (secondary N) is 2. The highest BCUT2D eigenvalue weighted by molar-refractivity contribution is 7.98. The minimum Gasteiger partial charge on any atom is -0.370 e. The molecule has 0 fully saturated rings. The van der Waals surface area contributed by atoms with E-state index in [1.807, 2.05) is 25.6 Å². The van der Waals surface area contributed by atoms with E-state index in [4.69, 9.17) is 5.84 Å². The molecule has 1 heterocycles. The first kappa shape index (κ1) is 15.0. The molecule has 0 aromatic carbocycles. The van der Waals surface area contributed by atoms with Gasteiger partial charge < -0.3 is 10.7 Å². The maximum Gasteiger partial charge on any atom is 0.148 e. The summed E-state index contributed by atoms with van der Waals surface area (Å²) in [6.07, 6.45) is 5.83. The van der Waals surface area contributed by atoms with E-state index in [2.05, 4.69) is 27.0 Å². The summed E-state index contributed by atoms with van der Waals surface area (Å²) in [6, 6.07) is 0. The van der Waals surface area contributed by atoms with Crippen LogP contribution >= 0.6 is 11.8 Å². The lowest BCUT2D eigenvalue weighted by Crippen LogP contribution is -2.14. The molecule has 5 nitrogen and oxygen atoms in total. The van der Waals surface area contributed by atoms with Gasteiger partial charge in [0, 0.05) is 12.1 Å². The molecular weight excluding hydrogens is 246 g/mol. The molecule has 0 bridgehead atoms. The number of nitrogens with zero attached hydrogens (tertiary/aromatic N) is 2. The first-order valence-corrected chi connectivity index (χ1v) is 7.63. The largest absolute Gasteiger partial charge is 0.370 e. The summed E-state index contributed by atoms with van der Waals surface area (Å²) < 4.78 is 0. The molecule has 0 atom stereocenters. The van der Waals surface area contributed by atoms with E-state index in [1.54, 1.807) is 0 Å². The van der Waals surface area contributed by atoms with E-state index >= 15 is 0 Å². The van der Waals surface area contributed by atoms with Gasteiger partial charge in [0.15, 0.2) is 0 Å². The van der Waals surface area contributed by atoms with Crippen LogP contribution in [0.1, 0.15) is 30.7 Å². The Kier molecular flexibility index (Phi) is 6.82. The second-order valence-electron chi connectivity index (χ2n) is 4.22. The zero-order valence-corrected chi connectivity index (χ0v) is 12.2. The molecule has 0 spiro atoms. The molecule has 4 N–H and O–H groups in total. The van der Waals surface area contributed by atoms with E-state index in [-0.39, 0.29) is 0 Å². The van der Waals surface area contributed by atoms with Gasteiger partial charge in [-0.1, -0.05) is 6.42 Å². The molecule has 1 aromatic rings. The van der Waals surface area contributed by atoms with Crippen LogP contribution in [-0.2, 0) is 0 Å². The van der Waals surface area contributed by atoms with E-state index in [0.717, 1.165) is 30.2 Å². The van der Waals surface area contributed by atoms with Gasteiger partial charge in [-0.15, -0.1) is 0 Å². The quantitative estimate of drug-likeness (QED) is 0.382. The van der Waals surface area contributed by atoms with Gasteiger partial charge in [0.2, 0.25) is 0 Å².